The van der Waals surface area contributed by atoms with Gasteiger partial charge >= 0.3 is 0 Å². The van der Waals surface area contributed by atoms with E-state index in [0.29, 0.717) is 11.5 Å². The molecule has 0 aliphatic carbocycles. The maximum absolute atomic E-state index is 13.0. The molecule has 8 heteroatoms. The summed E-state index contributed by atoms with van der Waals surface area (Å²) in [4.78, 5) is 35.9. The molecule has 3 aromatic rings. The van der Waals surface area contributed by atoms with Gasteiger partial charge in [0.15, 0.2) is 0 Å². The molecular formula is C20H21N5O3. The number of anilines is 1. The van der Waals surface area contributed by atoms with Crippen molar-refractivity contribution in [2.75, 3.05) is 26.0 Å². The molecule has 2 aromatic carbocycles. The number of non-ortho nitro benzene ring substituents is 1. The molecule has 0 unspecified atom stereocenters. The lowest BCUT2D eigenvalue weighted by atomic mass is 10.1. The average Bonchev–Trinajstić information content (AvgIpc) is 2.66. The van der Waals surface area contributed by atoms with Crippen molar-refractivity contribution in [3.05, 3.63) is 69.7 Å². The Morgan fingerprint density at radius 2 is 1.82 bits per heavy atom. The molecule has 144 valence electrons. The van der Waals surface area contributed by atoms with Gasteiger partial charge in [0.2, 0.25) is 0 Å². The molecule has 0 bridgehead atoms. The van der Waals surface area contributed by atoms with Gasteiger partial charge in [-0.15, -0.1) is 0 Å². The summed E-state index contributed by atoms with van der Waals surface area (Å²) < 4.78 is 0. The molecule has 0 aliphatic heterocycles. The van der Waals surface area contributed by atoms with Crippen LogP contribution in [-0.4, -0.2) is 46.8 Å². The second-order valence-corrected chi connectivity index (χ2v) is 6.76. The van der Waals surface area contributed by atoms with Gasteiger partial charge < -0.3 is 9.80 Å². The molecular weight excluding hydrogens is 358 g/mol. The zero-order valence-corrected chi connectivity index (χ0v) is 16.2. The number of hydrogen-bond donors (Lipinski definition) is 0. The first-order valence-corrected chi connectivity index (χ1v) is 8.71. The first-order chi connectivity index (χ1) is 13.3. The van der Waals surface area contributed by atoms with Crippen LogP contribution in [0.25, 0.3) is 10.9 Å². The van der Waals surface area contributed by atoms with Gasteiger partial charge in [0.1, 0.15) is 5.82 Å². The fraction of sp³-hybridized carbons (Fsp3) is 0.250. The van der Waals surface area contributed by atoms with Crippen molar-refractivity contribution in [2.24, 2.45) is 0 Å². The lowest BCUT2D eigenvalue weighted by Crippen LogP contribution is -2.29. The second kappa shape index (κ2) is 7.59. The Labute approximate surface area is 162 Å². The lowest BCUT2D eigenvalue weighted by molar-refractivity contribution is -0.384. The Balaban J connectivity index is 1.93. The van der Waals surface area contributed by atoms with Crippen LogP contribution in [0.5, 0.6) is 0 Å². The van der Waals surface area contributed by atoms with Gasteiger partial charge in [0, 0.05) is 50.0 Å². The Kier molecular flexibility index (Phi) is 5.21. The number of hydrogen-bond acceptors (Lipinski definition) is 6. The van der Waals surface area contributed by atoms with E-state index in [2.05, 4.69) is 9.97 Å². The first-order valence-electron chi connectivity index (χ1n) is 8.71. The Morgan fingerprint density at radius 1 is 1.11 bits per heavy atom. The van der Waals surface area contributed by atoms with Gasteiger partial charge in [-0.3, -0.25) is 14.9 Å². The molecule has 0 radical (unpaired) electrons. The third-order valence-corrected chi connectivity index (χ3v) is 4.47. The zero-order valence-electron chi connectivity index (χ0n) is 16.2. The highest BCUT2D eigenvalue weighted by molar-refractivity contribution is 6.00. The highest BCUT2D eigenvalue weighted by Gasteiger charge is 2.21. The van der Waals surface area contributed by atoms with E-state index >= 15 is 0 Å². The number of aryl methyl sites for hydroxylation is 1. The maximum Gasteiger partial charge on any atom is 0.270 e. The third kappa shape index (κ3) is 3.75. The summed E-state index contributed by atoms with van der Waals surface area (Å²) in [6.45, 7) is 2.10. The van der Waals surface area contributed by atoms with E-state index in [-0.39, 0.29) is 23.7 Å². The van der Waals surface area contributed by atoms with Crippen molar-refractivity contribution in [3.63, 3.8) is 0 Å². The maximum atomic E-state index is 13.0. The normalized spacial score (nSPS) is 10.7. The van der Waals surface area contributed by atoms with Crippen LogP contribution >= 0.6 is 0 Å². The van der Waals surface area contributed by atoms with E-state index in [1.807, 2.05) is 31.2 Å². The third-order valence-electron chi connectivity index (χ3n) is 4.47. The largest absolute Gasteiger partial charge is 0.377 e. The van der Waals surface area contributed by atoms with E-state index in [4.69, 9.17) is 0 Å². The Hall–Kier alpha value is -3.55. The number of fused-ring (bicyclic) bond motifs is 1. The van der Waals surface area contributed by atoms with Crippen molar-refractivity contribution < 1.29 is 9.72 Å². The van der Waals surface area contributed by atoms with E-state index in [9.17, 15) is 14.9 Å². The summed E-state index contributed by atoms with van der Waals surface area (Å²) >= 11 is 0. The predicted molar refractivity (Wildman–Crippen MR) is 107 cm³/mol. The highest BCUT2D eigenvalue weighted by Crippen LogP contribution is 2.26. The molecule has 0 fully saturated rings. The minimum atomic E-state index is -0.508. The van der Waals surface area contributed by atoms with E-state index in [0.717, 1.165) is 16.6 Å². The summed E-state index contributed by atoms with van der Waals surface area (Å²) in [6.07, 6.45) is 0. The molecule has 1 heterocycles. The number of benzene rings is 2. The van der Waals surface area contributed by atoms with Crippen molar-refractivity contribution in [2.45, 2.75) is 13.5 Å². The number of carbonyl (C=O) groups excluding carboxylic acids is 1. The summed E-state index contributed by atoms with van der Waals surface area (Å²) in [6, 6.07) is 12.0. The first kappa shape index (κ1) is 19.2. The van der Waals surface area contributed by atoms with Crippen LogP contribution in [0.4, 0.5) is 11.4 Å². The van der Waals surface area contributed by atoms with Crippen LogP contribution in [0.1, 0.15) is 21.9 Å². The Bertz CT molecular complexity index is 1060. The summed E-state index contributed by atoms with van der Waals surface area (Å²) in [5.41, 5.74) is 2.40. The molecule has 3 rings (SSSR count). The average molecular weight is 379 g/mol. The molecule has 0 aliphatic rings. The molecule has 0 N–H and O–H groups in total. The fourth-order valence-electron chi connectivity index (χ4n) is 3.05. The van der Waals surface area contributed by atoms with Crippen LogP contribution in [0, 0.1) is 17.0 Å². The number of amides is 1. The van der Waals surface area contributed by atoms with Crippen LogP contribution in [-0.2, 0) is 6.54 Å². The van der Waals surface area contributed by atoms with E-state index in [1.165, 1.54) is 17.0 Å². The van der Waals surface area contributed by atoms with Gasteiger partial charge in [-0.2, -0.15) is 0 Å². The molecule has 28 heavy (non-hydrogen) atoms. The van der Waals surface area contributed by atoms with Gasteiger partial charge in [0.05, 0.1) is 22.5 Å². The van der Waals surface area contributed by atoms with Crippen LogP contribution < -0.4 is 4.90 Å². The van der Waals surface area contributed by atoms with Gasteiger partial charge in [-0.05, 0) is 19.1 Å². The molecule has 0 saturated heterocycles. The SMILES string of the molecule is Cc1nc(CN(C)C(=O)c2cc([N+](=O)[O-])ccc2N(C)C)nc2ccccc12. The minimum Gasteiger partial charge on any atom is -0.377 e. The molecule has 0 atom stereocenters. The monoisotopic (exact) mass is 379 g/mol. The standard InChI is InChI=1S/C20H21N5O3/c1-13-15-7-5-6-8-17(15)22-19(21-13)12-24(4)20(26)16-11-14(25(27)28)9-10-18(16)23(2)3/h5-11H,12H2,1-4H3. The summed E-state index contributed by atoms with van der Waals surface area (Å²) in [7, 11) is 5.20. The van der Waals surface area contributed by atoms with Crippen molar-refractivity contribution >= 4 is 28.2 Å². The number of nitro benzene ring substituents is 1. The highest BCUT2D eigenvalue weighted by atomic mass is 16.6. The van der Waals surface area contributed by atoms with Crippen molar-refractivity contribution in [1.29, 1.82) is 0 Å². The van der Waals surface area contributed by atoms with Crippen LogP contribution in [0.3, 0.4) is 0 Å². The second-order valence-electron chi connectivity index (χ2n) is 6.76. The van der Waals surface area contributed by atoms with Crippen molar-refractivity contribution in [3.8, 4) is 0 Å². The number of aromatic nitrogens is 2. The molecule has 0 spiro atoms. The quantitative estimate of drug-likeness (QED) is 0.499. The van der Waals surface area contributed by atoms with Gasteiger partial charge in [-0.25, -0.2) is 9.97 Å². The Morgan fingerprint density at radius 3 is 2.50 bits per heavy atom. The number of nitrogens with zero attached hydrogens (tertiary/aromatic N) is 5. The predicted octanol–water partition coefficient (Wildman–Crippen LogP) is 3.18. The lowest BCUT2D eigenvalue weighted by Gasteiger charge is -2.21. The smallest absolute Gasteiger partial charge is 0.270 e. The van der Waals surface area contributed by atoms with Crippen LogP contribution in [0.15, 0.2) is 42.5 Å². The molecule has 1 aromatic heterocycles. The van der Waals surface area contributed by atoms with E-state index in [1.54, 1.807) is 32.1 Å². The van der Waals surface area contributed by atoms with Gasteiger partial charge in [-0.1, -0.05) is 18.2 Å². The number of carbonyl (C=O) groups is 1. The number of rotatable bonds is 5. The summed E-state index contributed by atoms with van der Waals surface area (Å²) in [5.74, 6) is 0.186. The summed E-state index contributed by atoms with van der Waals surface area (Å²) in [5, 5.41) is 12.1. The van der Waals surface area contributed by atoms with Crippen LogP contribution in [0.2, 0.25) is 0 Å². The fourth-order valence-corrected chi connectivity index (χ4v) is 3.05. The van der Waals surface area contributed by atoms with E-state index < -0.39 is 4.92 Å². The van der Waals surface area contributed by atoms with Gasteiger partial charge in [0.25, 0.3) is 11.6 Å². The number of para-hydroxylation sites is 1. The molecule has 0 saturated carbocycles. The van der Waals surface area contributed by atoms with Crippen molar-refractivity contribution in [1.82, 2.24) is 14.9 Å². The number of nitro groups is 1. The zero-order chi connectivity index (χ0) is 20.4. The molecule has 8 nitrogen and oxygen atoms in total. The minimum absolute atomic E-state index is 0.125. The molecule has 1 amide bonds. The topological polar surface area (TPSA) is 92.5 Å².